The van der Waals surface area contributed by atoms with E-state index in [-0.39, 0.29) is 5.56 Å². The second-order valence-corrected chi connectivity index (χ2v) is 1.78. The zero-order valence-electron chi connectivity index (χ0n) is 5.17. The van der Waals surface area contributed by atoms with Gasteiger partial charge in [-0.25, -0.2) is 4.39 Å². The van der Waals surface area contributed by atoms with Crippen LogP contribution in [0.1, 0.15) is 10.4 Å². The Balaban J connectivity index is 3.15. The zero-order valence-corrected chi connectivity index (χ0v) is 5.17. The first-order valence-corrected chi connectivity index (χ1v) is 2.67. The van der Waals surface area contributed by atoms with E-state index in [4.69, 9.17) is 0 Å². The van der Waals surface area contributed by atoms with E-state index in [0.29, 0.717) is 0 Å². The van der Waals surface area contributed by atoms with Crippen LogP contribution < -0.4 is 0 Å². The minimum atomic E-state index is -0.623. The van der Waals surface area contributed by atoms with Gasteiger partial charge in [-0.2, -0.15) is 0 Å². The van der Waals surface area contributed by atoms with Crippen LogP contribution in [0.3, 0.4) is 0 Å². The molecule has 0 saturated carbocycles. The summed E-state index contributed by atoms with van der Waals surface area (Å²) in [4.78, 5) is 14.0. The molecule has 0 aliphatic carbocycles. The summed E-state index contributed by atoms with van der Waals surface area (Å²) in [7, 11) is 0. The Morgan fingerprint density at radius 3 is 2.80 bits per heavy atom. The number of carbonyl (C=O) groups is 1. The molecule has 0 aromatic carbocycles. The molecule has 0 aliphatic heterocycles. The van der Waals surface area contributed by atoms with Crippen molar-refractivity contribution in [1.29, 1.82) is 0 Å². The molecule has 2 nitrogen and oxygen atoms in total. The predicted octanol–water partition coefficient (Wildman–Crippen LogP) is 1.24. The summed E-state index contributed by atoms with van der Waals surface area (Å²) in [5, 5.41) is 0. The van der Waals surface area contributed by atoms with Gasteiger partial charge < -0.3 is 0 Å². The maximum atomic E-state index is 12.5. The van der Waals surface area contributed by atoms with Crippen LogP contribution in [0.5, 0.6) is 0 Å². The van der Waals surface area contributed by atoms with E-state index < -0.39 is 11.6 Å². The molecule has 1 radical (unpaired) electrons. The second-order valence-electron chi connectivity index (χ2n) is 1.78. The van der Waals surface area contributed by atoms with E-state index in [9.17, 15) is 9.18 Å². The minimum Gasteiger partial charge on any atom is -0.294 e. The molecule has 1 rings (SSSR count). The molecular formula is C7H5FNO. The molecule has 10 heavy (non-hydrogen) atoms. The number of carbonyl (C=O) groups excluding carboxylic acids is 1. The summed E-state index contributed by atoms with van der Waals surface area (Å²) in [6, 6.07) is 1.30. The van der Waals surface area contributed by atoms with Gasteiger partial charge in [0, 0.05) is 13.1 Å². The van der Waals surface area contributed by atoms with Crippen molar-refractivity contribution in [2.45, 2.75) is 0 Å². The lowest BCUT2D eigenvalue weighted by Crippen LogP contribution is -1.96. The molecule has 1 aromatic rings. The molecule has 3 heteroatoms. The lowest BCUT2D eigenvalue weighted by atomic mass is 10.2. The van der Waals surface area contributed by atoms with E-state index >= 15 is 0 Å². The number of rotatable bonds is 1. The van der Waals surface area contributed by atoms with Crippen LogP contribution in [0.4, 0.5) is 4.39 Å². The van der Waals surface area contributed by atoms with Gasteiger partial charge in [-0.3, -0.25) is 9.78 Å². The van der Waals surface area contributed by atoms with Crippen molar-refractivity contribution in [3.05, 3.63) is 36.8 Å². The molecule has 0 aliphatic rings. The summed E-state index contributed by atoms with van der Waals surface area (Å²) >= 11 is 0. The summed E-state index contributed by atoms with van der Waals surface area (Å²) in [5.74, 6) is -1.15. The Morgan fingerprint density at radius 1 is 1.70 bits per heavy atom. The molecular weight excluding hydrogens is 133 g/mol. The molecule has 0 spiro atoms. The van der Waals surface area contributed by atoms with Crippen LogP contribution in [-0.2, 0) is 0 Å². The average molecular weight is 138 g/mol. The SMILES string of the molecule is [CH2]C(=O)c1ccncc1F. The number of nitrogens with zero attached hydrogens (tertiary/aromatic N) is 1. The maximum absolute atomic E-state index is 12.5. The molecule has 0 N–H and O–H groups in total. The van der Waals surface area contributed by atoms with Gasteiger partial charge >= 0.3 is 0 Å². The van der Waals surface area contributed by atoms with E-state index in [1.165, 1.54) is 12.3 Å². The van der Waals surface area contributed by atoms with Gasteiger partial charge in [0.1, 0.15) is 0 Å². The molecule has 1 aromatic heterocycles. The van der Waals surface area contributed by atoms with Gasteiger partial charge in [-0.05, 0) is 6.07 Å². The van der Waals surface area contributed by atoms with E-state index in [2.05, 4.69) is 11.9 Å². The Morgan fingerprint density at radius 2 is 2.40 bits per heavy atom. The highest BCUT2D eigenvalue weighted by Gasteiger charge is 2.04. The summed E-state index contributed by atoms with van der Waals surface area (Å²) in [5.41, 5.74) is -0.0185. The number of ketones is 1. The van der Waals surface area contributed by atoms with Gasteiger partial charge in [0.15, 0.2) is 11.6 Å². The number of Topliss-reactive ketones (excluding diaryl/α,β-unsaturated/α-hetero) is 1. The first-order valence-electron chi connectivity index (χ1n) is 2.67. The fourth-order valence-electron chi connectivity index (χ4n) is 0.601. The highest BCUT2D eigenvalue weighted by molar-refractivity contribution is 5.99. The van der Waals surface area contributed by atoms with Gasteiger partial charge in [-0.15, -0.1) is 0 Å². The predicted molar refractivity (Wildman–Crippen MR) is 33.9 cm³/mol. The quantitative estimate of drug-likeness (QED) is 0.546. The molecule has 0 amide bonds. The van der Waals surface area contributed by atoms with Gasteiger partial charge in [-0.1, -0.05) is 0 Å². The number of hydrogen-bond acceptors (Lipinski definition) is 2. The minimum absolute atomic E-state index is 0.0185. The third-order valence-electron chi connectivity index (χ3n) is 1.07. The topological polar surface area (TPSA) is 30.0 Å². The molecule has 0 fully saturated rings. The Bertz CT molecular complexity index is 260. The van der Waals surface area contributed by atoms with Crippen molar-refractivity contribution >= 4 is 5.78 Å². The van der Waals surface area contributed by atoms with E-state index in [0.717, 1.165) is 6.20 Å². The fourth-order valence-corrected chi connectivity index (χ4v) is 0.601. The van der Waals surface area contributed by atoms with Crippen molar-refractivity contribution in [2.75, 3.05) is 0 Å². The standard InChI is InChI=1S/C7H5FNO/c1-5(10)6-2-3-9-4-7(6)8/h2-4H,1H2. The third kappa shape index (κ3) is 1.18. The van der Waals surface area contributed by atoms with Gasteiger partial charge in [0.05, 0.1) is 11.8 Å². The summed E-state index contributed by atoms with van der Waals surface area (Å²) in [6.45, 7) is 3.06. The second kappa shape index (κ2) is 2.56. The highest BCUT2D eigenvalue weighted by Crippen LogP contribution is 2.03. The van der Waals surface area contributed by atoms with Crippen LogP contribution in [0, 0.1) is 12.7 Å². The molecule has 51 valence electrons. The van der Waals surface area contributed by atoms with Crippen LogP contribution in [0.25, 0.3) is 0 Å². The molecule has 1 heterocycles. The van der Waals surface area contributed by atoms with Crippen molar-refractivity contribution in [1.82, 2.24) is 4.98 Å². The lowest BCUT2D eigenvalue weighted by Gasteiger charge is -1.93. The van der Waals surface area contributed by atoms with Gasteiger partial charge in [0.25, 0.3) is 0 Å². The Kier molecular flexibility index (Phi) is 1.76. The van der Waals surface area contributed by atoms with E-state index in [1.54, 1.807) is 0 Å². The molecule has 0 bridgehead atoms. The number of hydrogen-bond donors (Lipinski definition) is 0. The van der Waals surface area contributed by atoms with Crippen LogP contribution in [0.15, 0.2) is 18.5 Å². The normalized spacial score (nSPS) is 9.40. The Hall–Kier alpha value is -1.25. The molecule has 0 unspecified atom stereocenters. The van der Waals surface area contributed by atoms with Crippen molar-refractivity contribution in [2.24, 2.45) is 0 Å². The smallest absolute Gasteiger partial charge is 0.166 e. The van der Waals surface area contributed by atoms with Gasteiger partial charge in [0.2, 0.25) is 0 Å². The zero-order chi connectivity index (χ0) is 7.56. The largest absolute Gasteiger partial charge is 0.294 e. The lowest BCUT2D eigenvalue weighted by molar-refractivity contribution is 0.104. The monoisotopic (exact) mass is 138 g/mol. The van der Waals surface area contributed by atoms with Crippen molar-refractivity contribution in [3.8, 4) is 0 Å². The average Bonchev–Trinajstić information content (AvgIpc) is 1.88. The van der Waals surface area contributed by atoms with Crippen LogP contribution in [0.2, 0.25) is 0 Å². The Labute approximate surface area is 57.7 Å². The third-order valence-corrected chi connectivity index (χ3v) is 1.07. The number of aromatic nitrogens is 1. The van der Waals surface area contributed by atoms with Crippen molar-refractivity contribution < 1.29 is 9.18 Å². The molecule has 0 atom stereocenters. The molecule has 0 saturated heterocycles. The first kappa shape index (κ1) is 6.86. The van der Waals surface area contributed by atoms with E-state index in [1.807, 2.05) is 0 Å². The maximum Gasteiger partial charge on any atom is 0.166 e. The van der Waals surface area contributed by atoms with Crippen molar-refractivity contribution in [3.63, 3.8) is 0 Å². The first-order chi connectivity index (χ1) is 4.72. The number of halogens is 1. The highest BCUT2D eigenvalue weighted by atomic mass is 19.1. The summed E-state index contributed by atoms with van der Waals surface area (Å²) < 4.78 is 12.5. The van der Waals surface area contributed by atoms with Crippen LogP contribution >= 0.6 is 0 Å². The fraction of sp³-hybridized carbons (Fsp3) is 0. The van der Waals surface area contributed by atoms with Crippen LogP contribution in [-0.4, -0.2) is 10.8 Å². The number of pyridine rings is 1. The summed E-state index contributed by atoms with van der Waals surface area (Å²) in [6.07, 6.45) is 2.33.